The van der Waals surface area contributed by atoms with Crippen LogP contribution in [0.1, 0.15) is 45.0 Å². The van der Waals surface area contributed by atoms with Crippen molar-refractivity contribution in [2.24, 2.45) is 5.92 Å². The number of benzene rings is 3. The van der Waals surface area contributed by atoms with E-state index in [1.165, 1.54) is 18.2 Å². The molecule has 1 fully saturated rings. The van der Waals surface area contributed by atoms with Gasteiger partial charge in [0.15, 0.2) is 17.9 Å². The number of halogens is 3. The molecule has 0 spiro atoms. The molecule has 1 saturated heterocycles. The van der Waals surface area contributed by atoms with Gasteiger partial charge < -0.3 is 14.2 Å². The van der Waals surface area contributed by atoms with Crippen molar-refractivity contribution in [1.29, 1.82) is 0 Å². The SMILES string of the molecule is CCCOc1ccc(-c2ccc(-c3ccc(C4OCC(CCC)CO4)c(F)c3)cc2)c(F)c1F. The normalized spacial score (nSPS) is 18.1. The first kappa shape index (κ1) is 24.3. The average molecular weight is 471 g/mol. The molecule has 34 heavy (non-hydrogen) atoms. The third-order valence-corrected chi connectivity index (χ3v) is 5.96. The second kappa shape index (κ2) is 11.1. The van der Waals surface area contributed by atoms with Crippen LogP contribution in [0, 0.1) is 23.4 Å². The van der Waals surface area contributed by atoms with Gasteiger partial charge in [0.05, 0.1) is 19.8 Å². The lowest BCUT2D eigenvalue weighted by atomic mass is 9.98. The van der Waals surface area contributed by atoms with Crippen molar-refractivity contribution in [3.8, 4) is 28.0 Å². The van der Waals surface area contributed by atoms with Crippen molar-refractivity contribution in [3.05, 3.63) is 77.6 Å². The lowest BCUT2D eigenvalue weighted by Crippen LogP contribution is -2.27. The fourth-order valence-electron chi connectivity index (χ4n) is 4.12. The molecule has 0 N–H and O–H groups in total. The Hall–Kier alpha value is -2.83. The summed E-state index contributed by atoms with van der Waals surface area (Å²) in [6.07, 6.45) is 2.08. The summed E-state index contributed by atoms with van der Waals surface area (Å²) in [6.45, 7) is 5.45. The summed E-state index contributed by atoms with van der Waals surface area (Å²) in [5.74, 6) is -2.11. The molecule has 0 unspecified atom stereocenters. The van der Waals surface area contributed by atoms with Gasteiger partial charge in [-0.25, -0.2) is 8.78 Å². The summed E-state index contributed by atoms with van der Waals surface area (Å²) in [5, 5.41) is 0. The first-order valence-corrected chi connectivity index (χ1v) is 11.8. The van der Waals surface area contributed by atoms with Gasteiger partial charge >= 0.3 is 0 Å². The maximum atomic E-state index is 14.9. The smallest absolute Gasteiger partial charge is 0.201 e. The molecule has 180 valence electrons. The summed E-state index contributed by atoms with van der Waals surface area (Å²) in [6, 6.07) is 14.7. The van der Waals surface area contributed by atoms with Crippen LogP contribution in [0.5, 0.6) is 5.75 Å². The molecule has 1 heterocycles. The maximum Gasteiger partial charge on any atom is 0.201 e. The zero-order valence-corrected chi connectivity index (χ0v) is 19.5. The standard InChI is InChI=1S/C28H29F3O3/c1-3-5-18-16-33-28(34-17-18)23-11-10-21(15-24(23)29)19-6-8-20(9-7-19)22-12-13-25(32-14-4-2)27(31)26(22)30/h6-13,15,18,28H,3-5,14,16-17H2,1-2H3. The molecule has 0 aliphatic carbocycles. The van der Waals surface area contributed by atoms with Crippen molar-refractivity contribution in [2.75, 3.05) is 19.8 Å². The Kier molecular flexibility index (Phi) is 7.91. The largest absolute Gasteiger partial charge is 0.490 e. The van der Waals surface area contributed by atoms with Crippen LogP contribution in [-0.2, 0) is 9.47 Å². The van der Waals surface area contributed by atoms with Gasteiger partial charge in [0.25, 0.3) is 0 Å². The topological polar surface area (TPSA) is 27.7 Å². The lowest BCUT2D eigenvalue weighted by molar-refractivity contribution is -0.207. The lowest BCUT2D eigenvalue weighted by Gasteiger charge is -2.29. The van der Waals surface area contributed by atoms with E-state index in [0.29, 0.717) is 48.8 Å². The van der Waals surface area contributed by atoms with Gasteiger partial charge in [-0.2, -0.15) is 4.39 Å². The van der Waals surface area contributed by atoms with E-state index in [1.54, 1.807) is 36.4 Å². The molecule has 1 aliphatic rings. The van der Waals surface area contributed by atoms with Gasteiger partial charge in [0.1, 0.15) is 5.82 Å². The average Bonchev–Trinajstić information content (AvgIpc) is 2.86. The van der Waals surface area contributed by atoms with Crippen LogP contribution in [0.25, 0.3) is 22.3 Å². The second-order valence-corrected chi connectivity index (χ2v) is 8.55. The van der Waals surface area contributed by atoms with Crippen LogP contribution < -0.4 is 4.74 Å². The van der Waals surface area contributed by atoms with E-state index in [-0.39, 0.29) is 11.3 Å². The van der Waals surface area contributed by atoms with E-state index in [4.69, 9.17) is 14.2 Å². The Bertz CT molecular complexity index is 1110. The van der Waals surface area contributed by atoms with E-state index in [1.807, 2.05) is 6.92 Å². The van der Waals surface area contributed by atoms with Gasteiger partial charge in [-0.3, -0.25) is 0 Å². The zero-order valence-electron chi connectivity index (χ0n) is 19.5. The van der Waals surface area contributed by atoms with Gasteiger partial charge in [-0.1, -0.05) is 56.7 Å². The van der Waals surface area contributed by atoms with Crippen LogP contribution in [0.15, 0.2) is 54.6 Å². The van der Waals surface area contributed by atoms with Crippen LogP contribution in [0.2, 0.25) is 0 Å². The van der Waals surface area contributed by atoms with Crippen molar-refractivity contribution in [3.63, 3.8) is 0 Å². The molecule has 3 aromatic carbocycles. The quantitative estimate of drug-likeness (QED) is 0.338. The second-order valence-electron chi connectivity index (χ2n) is 8.55. The Morgan fingerprint density at radius 1 is 0.794 bits per heavy atom. The molecule has 0 radical (unpaired) electrons. The van der Waals surface area contributed by atoms with E-state index in [9.17, 15) is 13.2 Å². The van der Waals surface area contributed by atoms with Crippen molar-refractivity contribution < 1.29 is 27.4 Å². The van der Waals surface area contributed by atoms with Gasteiger partial charge in [0, 0.05) is 17.0 Å². The van der Waals surface area contributed by atoms with Crippen LogP contribution in [0.3, 0.4) is 0 Å². The maximum absolute atomic E-state index is 14.9. The molecule has 3 aromatic rings. The summed E-state index contributed by atoms with van der Waals surface area (Å²) in [7, 11) is 0. The molecular formula is C28H29F3O3. The molecule has 1 aliphatic heterocycles. The summed E-state index contributed by atoms with van der Waals surface area (Å²) >= 11 is 0. The summed E-state index contributed by atoms with van der Waals surface area (Å²) in [4.78, 5) is 0. The predicted octanol–water partition coefficient (Wildman–Crippen LogP) is 7.69. The molecule has 6 heteroatoms. The highest BCUT2D eigenvalue weighted by Crippen LogP contribution is 2.33. The number of hydrogen-bond acceptors (Lipinski definition) is 3. The van der Waals surface area contributed by atoms with Crippen molar-refractivity contribution in [2.45, 2.75) is 39.4 Å². The zero-order chi connectivity index (χ0) is 24.1. The van der Waals surface area contributed by atoms with E-state index >= 15 is 0 Å². The van der Waals surface area contributed by atoms with Gasteiger partial charge in [0.2, 0.25) is 5.82 Å². The third-order valence-electron chi connectivity index (χ3n) is 5.96. The van der Waals surface area contributed by atoms with Crippen LogP contribution >= 0.6 is 0 Å². The molecule has 0 aromatic heterocycles. The number of hydrogen-bond donors (Lipinski definition) is 0. The van der Waals surface area contributed by atoms with Crippen LogP contribution in [-0.4, -0.2) is 19.8 Å². The molecule has 3 nitrogen and oxygen atoms in total. The Morgan fingerprint density at radius 2 is 1.47 bits per heavy atom. The van der Waals surface area contributed by atoms with Crippen molar-refractivity contribution >= 4 is 0 Å². The Morgan fingerprint density at radius 3 is 2.12 bits per heavy atom. The van der Waals surface area contributed by atoms with Gasteiger partial charge in [-0.15, -0.1) is 0 Å². The molecule has 0 amide bonds. The molecule has 4 rings (SSSR count). The summed E-state index contributed by atoms with van der Waals surface area (Å²) < 4.78 is 60.5. The first-order valence-electron chi connectivity index (χ1n) is 11.8. The highest BCUT2D eigenvalue weighted by atomic mass is 19.2. The third kappa shape index (κ3) is 5.29. The Labute approximate surface area is 198 Å². The highest BCUT2D eigenvalue weighted by molar-refractivity contribution is 5.71. The highest BCUT2D eigenvalue weighted by Gasteiger charge is 2.25. The van der Waals surface area contributed by atoms with E-state index < -0.39 is 23.7 Å². The van der Waals surface area contributed by atoms with E-state index in [0.717, 1.165) is 18.4 Å². The number of rotatable bonds is 8. The number of ether oxygens (including phenoxy) is 3. The fraction of sp³-hybridized carbons (Fsp3) is 0.357. The predicted molar refractivity (Wildman–Crippen MR) is 126 cm³/mol. The summed E-state index contributed by atoms with van der Waals surface area (Å²) in [5.41, 5.74) is 2.46. The first-order chi connectivity index (χ1) is 16.5. The Balaban J connectivity index is 1.49. The molecular weight excluding hydrogens is 441 g/mol. The minimum absolute atomic E-state index is 0.0953. The minimum Gasteiger partial charge on any atom is -0.490 e. The molecule has 0 saturated carbocycles. The monoisotopic (exact) mass is 470 g/mol. The van der Waals surface area contributed by atoms with Crippen LogP contribution in [0.4, 0.5) is 13.2 Å². The fourth-order valence-corrected chi connectivity index (χ4v) is 4.12. The van der Waals surface area contributed by atoms with Crippen molar-refractivity contribution in [1.82, 2.24) is 0 Å². The van der Waals surface area contributed by atoms with Gasteiger partial charge in [-0.05, 0) is 47.7 Å². The molecule has 0 atom stereocenters. The molecule has 0 bridgehead atoms. The van der Waals surface area contributed by atoms with E-state index in [2.05, 4.69) is 6.92 Å². The minimum atomic E-state index is -0.999.